The van der Waals surface area contributed by atoms with E-state index in [2.05, 4.69) is 16.7 Å². The number of nitrogens with one attached hydrogen (secondary N) is 2. The van der Waals surface area contributed by atoms with E-state index in [-0.39, 0.29) is 6.03 Å². The molecule has 2 N–H and O–H groups in total. The molecule has 0 spiro atoms. The normalized spacial score (nSPS) is 14.2. The van der Waals surface area contributed by atoms with Crippen molar-refractivity contribution in [2.75, 3.05) is 19.8 Å². The summed E-state index contributed by atoms with van der Waals surface area (Å²) in [5, 5.41) is 6.41. The predicted octanol–water partition coefficient (Wildman–Crippen LogP) is 3.25. The van der Waals surface area contributed by atoms with Gasteiger partial charge in [-0.2, -0.15) is 0 Å². The summed E-state index contributed by atoms with van der Waals surface area (Å²) in [7, 11) is 0. The summed E-state index contributed by atoms with van der Waals surface area (Å²) in [6, 6.07) is 9.39. The second-order valence-corrected chi connectivity index (χ2v) is 6.88. The van der Waals surface area contributed by atoms with E-state index in [1.165, 1.54) is 16.7 Å². The summed E-state index contributed by atoms with van der Waals surface area (Å²) in [5.41, 5.74) is 4.51. The summed E-state index contributed by atoms with van der Waals surface area (Å²) >= 11 is 6.10. The first-order valence-corrected chi connectivity index (χ1v) is 9.28. The zero-order chi connectivity index (χ0) is 17.9. The Morgan fingerprint density at radius 2 is 1.96 bits per heavy atom. The highest BCUT2D eigenvalue weighted by Gasteiger charge is 2.26. The van der Waals surface area contributed by atoms with Gasteiger partial charge in [0, 0.05) is 47.6 Å². The van der Waals surface area contributed by atoms with Crippen LogP contribution in [-0.4, -0.2) is 25.8 Å². The molecule has 2 amide bonds. The summed E-state index contributed by atoms with van der Waals surface area (Å²) < 4.78 is 11.6. The van der Waals surface area contributed by atoms with Crippen molar-refractivity contribution in [1.29, 1.82) is 0 Å². The molecule has 136 valence electrons. The van der Waals surface area contributed by atoms with E-state index < -0.39 is 0 Å². The van der Waals surface area contributed by atoms with Crippen molar-refractivity contribution < 1.29 is 14.3 Å². The van der Waals surface area contributed by atoms with E-state index in [0.29, 0.717) is 18.1 Å². The molecule has 6 heteroatoms. The number of hydrogen-bond acceptors (Lipinski definition) is 3. The minimum atomic E-state index is -0.202. The fourth-order valence-electron chi connectivity index (χ4n) is 3.53. The maximum absolute atomic E-state index is 12.1. The lowest BCUT2D eigenvalue weighted by Crippen LogP contribution is -2.36. The molecule has 5 nitrogen and oxygen atoms in total. The molecular weight excluding hydrogens is 352 g/mol. The van der Waals surface area contributed by atoms with Crippen molar-refractivity contribution in [2.45, 2.75) is 25.8 Å². The van der Waals surface area contributed by atoms with Crippen molar-refractivity contribution >= 4 is 17.6 Å². The Balaban J connectivity index is 1.34. The predicted molar refractivity (Wildman–Crippen MR) is 100 cm³/mol. The van der Waals surface area contributed by atoms with Gasteiger partial charge in [-0.15, -0.1) is 0 Å². The van der Waals surface area contributed by atoms with Crippen LogP contribution in [0.25, 0.3) is 0 Å². The molecule has 2 aromatic rings. The standard InChI is InChI=1S/C20H21ClN2O3/c21-17-4-2-1-3-14(17)12-23-20(24)22-8-5-16-15-7-10-25-18(15)11-13-6-9-26-19(13)16/h1-4,11H,5-10,12H2,(H2,22,23,24). The topological polar surface area (TPSA) is 59.6 Å². The fourth-order valence-corrected chi connectivity index (χ4v) is 3.73. The number of carbonyl (C=O) groups excluding carboxylic acids is 1. The zero-order valence-electron chi connectivity index (χ0n) is 14.4. The number of halogens is 1. The second-order valence-electron chi connectivity index (χ2n) is 6.47. The Labute approximate surface area is 157 Å². The number of carbonyl (C=O) groups is 1. The number of rotatable bonds is 5. The van der Waals surface area contributed by atoms with Gasteiger partial charge in [-0.05, 0) is 24.1 Å². The van der Waals surface area contributed by atoms with E-state index in [9.17, 15) is 4.79 Å². The lowest BCUT2D eigenvalue weighted by molar-refractivity contribution is 0.240. The Hall–Kier alpha value is -2.40. The van der Waals surface area contributed by atoms with Crippen molar-refractivity contribution in [3.05, 3.63) is 57.6 Å². The molecule has 4 rings (SSSR count). The van der Waals surface area contributed by atoms with Crippen LogP contribution in [0.1, 0.15) is 22.3 Å². The summed E-state index contributed by atoms with van der Waals surface area (Å²) in [6.45, 7) is 2.38. The lowest BCUT2D eigenvalue weighted by Gasteiger charge is -2.14. The molecular formula is C20H21ClN2O3. The number of amides is 2. The first-order valence-electron chi connectivity index (χ1n) is 8.90. The van der Waals surface area contributed by atoms with Crippen molar-refractivity contribution in [3.63, 3.8) is 0 Å². The Morgan fingerprint density at radius 3 is 2.85 bits per heavy atom. The number of urea groups is 1. The van der Waals surface area contributed by atoms with Gasteiger partial charge in [0.05, 0.1) is 13.2 Å². The van der Waals surface area contributed by atoms with Gasteiger partial charge < -0.3 is 20.1 Å². The van der Waals surface area contributed by atoms with Gasteiger partial charge in [-0.3, -0.25) is 0 Å². The molecule has 0 saturated heterocycles. The summed E-state index contributed by atoms with van der Waals surface area (Å²) in [6.07, 6.45) is 2.55. The number of hydrogen-bond donors (Lipinski definition) is 2. The molecule has 0 fully saturated rings. The van der Waals surface area contributed by atoms with Crippen LogP contribution >= 0.6 is 11.6 Å². The molecule has 2 heterocycles. The van der Waals surface area contributed by atoms with E-state index in [1.807, 2.05) is 24.3 Å². The fraction of sp³-hybridized carbons (Fsp3) is 0.350. The van der Waals surface area contributed by atoms with Crippen LogP contribution in [0.4, 0.5) is 4.79 Å². The van der Waals surface area contributed by atoms with E-state index in [0.717, 1.165) is 49.5 Å². The van der Waals surface area contributed by atoms with E-state index in [4.69, 9.17) is 21.1 Å². The van der Waals surface area contributed by atoms with Crippen molar-refractivity contribution in [2.24, 2.45) is 0 Å². The minimum Gasteiger partial charge on any atom is -0.493 e. The molecule has 0 unspecified atom stereocenters. The maximum Gasteiger partial charge on any atom is 0.315 e. The minimum absolute atomic E-state index is 0.202. The first kappa shape index (κ1) is 17.0. The third-order valence-corrected chi connectivity index (χ3v) is 5.19. The summed E-state index contributed by atoms with van der Waals surface area (Å²) in [4.78, 5) is 12.1. The average Bonchev–Trinajstić information content (AvgIpc) is 3.29. The molecule has 0 atom stereocenters. The Bertz CT molecular complexity index is 806. The van der Waals surface area contributed by atoms with E-state index >= 15 is 0 Å². The lowest BCUT2D eigenvalue weighted by atomic mass is 9.97. The monoisotopic (exact) mass is 372 g/mol. The molecule has 0 aromatic heterocycles. The zero-order valence-corrected chi connectivity index (χ0v) is 15.2. The molecule has 0 saturated carbocycles. The van der Waals surface area contributed by atoms with Gasteiger partial charge in [0.25, 0.3) is 0 Å². The highest BCUT2D eigenvalue weighted by molar-refractivity contribution is 6.31. The molecule has 0 bridgehead atoms. The molecule has 2 aromatic carbocycles. The van der Waals surface area contributed by atoms with Gasteiger partial charge >= 0.3 is 6.03 Å². The van der Waals surface area contributed by atoms with Gasteiger partial charge in [-0.25, -0.2) is 4.79 Å². The SMILES string of the molecule is O=C(NCCc1c2c(cc3c1OCC3)OCC2)NCc1ccccc1Cl. The van der Waals surface area contributed by atoms with Crippen molar-refractivity contribution in [1.82, 2.24) is 10.6 Å². The van der Waals surface area contributed by atoms with Crippen LogP contribution in [0, 0.1) is 0 Å². The van der Waals surface area contributed by atoms with Crippen LogP contribution in [0.15, 0.2) is 30.3 Å². The van der Waals surface area contributed by atoms with Gasteiger partial charge in [0.1, 0.15) is 11.5 Å². The second kappa shape index (κ2) is 7.46. The largest absolute Gasteiger partial charge is 0.493 e. The van der Waals surface area contributed by atoms with Crippen LogP contribution in [0.5, 0.6) is 11.5 Å². The van der Waals surface area contributed by atoms with Gasteiger partial charge in [-0.1, -0.05) is 29.8 Å². The van der Waals surface area contributed by atoms with Crippen LogP contribution in [0.2, 0.25) is 5.02 Å². The number of ether oxygens (including phenoxy) is 2. The third-order valence-electron chi connectivity index (χ3n) is 4.82. The van der Waals surface area contributed by atoms with Crippen LogP contribution in [0.3, 0.4) is 0 Å². The highest BCUT2D eigenvalue weighted by Crippen LogP contribution is 2.40. The highest BCUT2D eigenvalue weighted by atomic mass is 35.5. The quantitative estimate of drug-likeness (QED) is 0.847. The first-order chi connectivity index (χ1) is 12.7. The molecule has 2 aliphatic heterocycles. The molecule has 0 aliphatic carbocycles. The summed E-state index contributed by atoms with van der Waals surface area (Å²) in [5.74, 6) is 1.97. The molecule has 0 radical (unpaired) electrons. The van der Waals surface area contributed by atoms with Crippen LogP contribution in [-0.2, 0) is 25.8 Å². The van der Waals surface area contributed by atoms with Gasteiger partial charge in [0.2, 0.25) is 0 Å². The number of benzene rings is 2. The molecule has 26 heavy (non-hydrogen) atoms. The van der Waals surface area contributed by atoms with Gasteiger partial charge in [0.15, 0.2) is 0 Å². The van der Waals surface area contributed by atoms with Crippen LogP contribution < -0.4 is 20.1 Å². The average molecular weight is 373 g/mol. The van der Waals surface area contributed by atoms with Crippen molar-refractivity contribution in [3.8, 4) is 11.5 Å². The maximum atomic E-state index is 12.1. The Morgan fingerprint density at radius 1 is 1.12 bits per heavy atom. The number of fused-ring (bicyclic) bond motifs is 2. The smallest absolute Gasteiger partial charge is 0.315 e. The molecule has 2 aliphatic rings. The third kappa shape index (κ3) is 3.44. The van der Waals surface area contributed by atoms with E-state index in [1.54, 1.807) is 0 Å². The Kier molecular flexibility index (Phi) is 4.89.